The van der Waals surface area contributed by atoms with Crippen LogP contribution in [0.5, 0.6) is 0 Å². The molecule has 2 aromatic rings. The van der Waals surface area contributed by atoms with Gasteiger partial charge in [0.1, 0.15) is 11.7 Å². The van der Waals surface area contributed by atoms with Gasteiger partial charge in [0.15, 0.2) is 0 Å². The molecule has 3 rings (SSSR count). The normalized spacial score (nSPS) is 13.9. The molecule has 3 amide bonds. The Morgan fingerprint density at radius 1 is 1.20 bits per heavy atom. The zero-order chi connectivity index (χ0) is 21.5. The average Bonchev–Trinajstić information content (AvgIpc) is 2.76. The van der Waals surface area contributed by atoms with Gasteiger partial charge in [0.2, 0.25) is 11.8 Å². The van der Waals surface area contributed by atoms with Gasteiger partial charge in [0.25, 0.3) is 5.91 Å². The molecule has 0 bridgehead atoms. The summed E-state index contributed by atoms with van der Waals surface area (Å²) < 4.78 is 0. The van der Waals surface area contributed by atoms with E-state index in [9.17, 15) is 14.4 Å². The first-order valence-electron chi connectivity index (χ1n) is 9.87. The molecule has 0 saturated heterocycles. The molecule has 0 aliphatic carbocycles. The van der Waals surface area contributed by atoms with E-state index in [1.807, 2.05) is 24.5 Å². The number of hydrogen-bond acceptors (Lipinski definition) is 5. The highest BCUT2D eigenvalue weighted by Gasteiger charge is 2.28. The highest BCUT2D eigenvalue weighted by molar-refractivity contribution is 7.98. The van der Waals surface area contributed by atoms with E-state index >= 15 is 0 Å². The van der Waals surface area contributed by atoms with Crippen LogP contribution in [0.2, 0.25) is 0 Å². The van der Waals surface area contributed by atoms with Gasteiger partial charge in [-0.2, -0.15) is 11.8 Å². The van der Waals surface area contributed by atoms with Crippen LogP contribution in [0.4, 0.5) is 5.69 Å². The quantitative estimate of drug-likeness (QED) is 0.710. The molecule has 7 nitrogen and oxygen atoms in total. The summed E-state index contributed by atoms with van der Waals surface area (Å²) in [6.45, 7) is 2.50. The molecule has 1 aromatic carbocycles. The SMILES string of the molecule is CSCC[C@H](NC(C)=O)C(=O)N1CCc2ccc(NC(=O)c3ccccn3)cc2C1. The molecule has 8 heteroatoms. The summed E-state index contributed by atoms with van der Waals surface area (Å²) in [6, 6.07) is 10.4. The second kappa shape index (κ2) is 10.2. The number of fused-ring (bicyclic) bond motifs is 1. The van der Waals surface area contributed by atoms with Gasteiger partial charge in [-0.05, 0) is 60.2 Å². The van der Waals surface area contributed by atoms with Crippen molar-refractivity contribution in [2.75, 3.05) is 23.9 Å². The van der Waals surface area contributed by atoms with E-state index in [-0.39, 0.29) is 17.7 Å². The van der Waals surface area contributed by atoms with Crippen LogP contribution in [0, 0.1) is 0 Å². The van der Waals surface area contributed by atoms with Crippen molar-refractivity contribution in [2.24, 2.45) is 0 Å². The minimum Gasteiger partial charge on any atom is -0.345 e. The van der Waals surface area contributed by atoms with Crippen molar-refractivity contribution in [1.29, 1.82) is 0 Å². The molecular weight excluding hydrogens is 400 g/mol. The van der Waals surface area contributed by atoms with Gasteiger partial charge in [-0.25, -0.2) is 0 Å². The van der Waals surface area contributed by atoms with Crippen LogP contribution in [0.3, 0.4) is 0 Å². The van der Waals surface area contributed by atoms with Crippen LogP contribution in [0.15, 0.2) is 42.6 Å². The van der Waals surface area contributed by atoms with Gasteiger partial charge in [-0.1, -0.05) is 12.1 Å². The van der Waals surface area contributed by atoms with E-state index in [0.29, 0.717) is 30.9 Å². The molecule has 2 heterocycles. The standard InChI is InChI=1S/C22H26N4O3S/c1-15(27)24-20(9-12-30-2)22(29)26-11-8-16-6-7-18(13-17(16)14-26)25-21(28)19-5-3-4-10-23-19/h3-7,10,13,20H,8-9,11-12,14H2,1-2H3,(H,24,27)(H,25,28)/t20-/m0/s1. The van der Waals surface area contributed by atoms with Crippen LogP contribution in [-0.4, -0.2) is 52.2 Å². The summed E-state index contributed by atoms with van der Waals surface area (Å²) in [6.07, 6.45) is 4.90. The van der Waals surface area contributed by atoms with E-state index in [1.54, 1.807) is 41.1 Å². The van der Waals surface area contributed by atoms with Crippen LogP contribution < -0.4 is 10.6 Å². The first-order valence-corrected chi connectivity index (χ1v) is 11.3. The number of nitrogens with zero attached hydrogens (tertiary/aromatic N) is 2. The summed E-state index contributed by atoms with van der Waals surface area (Å²) in [4.78, 5) is 42.8. The molecule has 158 valence electrons. The maximum absolute atomic E-state index is 13.0. The van der Waals surface area contributed by atoms with Crippen molar-refractivity contribution in [3.8, 4) is 0 Å². The lowest BCUT2D eigenvalue weighted by Crippen LogP contribution is -2.49. The summed E-state index contributed by atoms with van der Waals surface area (Å²) >= 11 is 1.65. The van der Waals surface area contributed by atoms with Gasteiger partial charge in [0.05, 0.1) is 0 Å². The van der Waals surface area contributed by atoms with Crippen LogP contribution >= 0.6 is 11.8 Å². The number of carbonyl (C=O) groups excluding carboxylic acids is 3. The summed E-state index contributed by atoms with van der Waals surface area (Å²) in [5.41, 5.74) is 3.17. The molecule has 1 aliphatic rings. The lowest BCUT2D eigenvalue weighted by molar-refractivity contribution is -0.137. The summed E-state index contributed by atoms with van der Waals surface area (Å²) in [5.74, 6) is 0.256. The Hall–Kier alpha value is -2.87. The van der Waals surface area contributed by atoms with Crippen molar-refractivity contribution < 1.29 is 14.4 Å². The topological polar surface area (TPSA) is 91.4 Å². The zero-order valence-electron chi connectivity index (χ0n) is 17.2. The van der Waals surface area contributed by atoms with Crippen molar-refractivity contribution in [3.05, 3.63) is 59.4 Å². The molecule has 1 aromatic heterocycles. The summed E-state index contributed by atoms with van der Waals surface area (Å²) in [7, 11) is 0. The largest absolute Gasteiger partial charge is 0.345 e. The molecule has 1 aliphatic heterocycles. The number of thioether (sulfide) groups is 1. The highest BCUT2D eigenvalue weighted by atomic mass is 32.2. The molecular formula is C22H26N4O3S. The highest BCUT2D eigenvalue weighted by Crippen LogP contribution is 2.24. The van der Waals surface area contributed by atoms with Gasteiger partial charge < -0.3 is 15.5 Å². The fraction of sp³-hybridized carbons (Fsp3) is 0.364. The Morgan fingerprint density at radius 2 is 2.03 bits per heavy atom. The molecule has 0 unspecified atom stereocenters. The number of nitrogens with one attached hydrogen (secondary N) is 2. The van der Waals surface area contributed by atoms with Crippen molar-refractivity contribution in [3.63, 3.8) is 0 Å². The Balaban J connectivity index is 1.71. The smallest absolute Gasteiger partial charge is 0.274 e. The molecule has 30 heavy (non-hydrogen) atoms. The molecule has 2 N–H and O–H groups in total. The van der Waals surface area contributed by atoms with Gasteiger partial charge in [0, 0.05) is 31.9 Å². The predicted octanol–water partition coefficient (Wildman–Crippen LogP) is 2.48. The van der Waals surface area contributed by atoms with E-state index in [1.165, 1.54) is 6.92 Å². The Morgan fingerprint density at radius 3 is 2.73 bits per heavy atom. The van der Waals surface area contributed by atoms with Crippen LogP contribution in [0.1, 0.15) is 35.0 Å². The second-order valence-corrected chi connectivity index (χ2v) is 8.18. The average molecular weight is 427 g/mol. The minimum atomic E-state index is -0.511. The predicted molar refractivity (Wildman–Crippen MR) is 118 cm³/mol. The number of benzene rings is 1. The van der Waals surface area contributed by atoms with E-state index < -0.39 is 6.04 Å². The summed E-state index contributed by atoms with van der Waals surface area (Å²) in [5, 5.41) is 5.65. The third-order valence-corrected chi connectivity index (χ3v) is 5.62. The first-order chi connectivity index (χ1) is 14.5. The second-order valence-electron chi connectivity index (χ2n) is 7.20. The van der Waals surface area contributed by atoms with Gasteiger partial charge in [-0.3, -0.25) is 19.4 Å². The number of aromatic nitrogens is 1. The number of anilines is 1. The molecule has 0 spiro atoms. The minimum absolute atomic E-state index is 0.0622. The first kappa shape index (κ1) is 21.8. The fourth-order valence-corrected chi connectivity index (χ4v) is 3.95. The van der Waals surface area contributed by atoms with Crippen LogP contribution in [0.25, 0.3) is 0 Å². The van der Waals surface area contributed by atoms with Crippen LogP contribution in [-0.2, 0) is 22.6 Å². The number of rotatable bonds is 7. The third kappa shape index (κ3) is 5.60. The van der Waals surface area contributed by atoms with Crippen molar-refractivity contribution in [1.82, 2.24) is 15.2 Å². The Labute approximate surface area is 180 Å². The van der Waals surface area contributed by atoms with Gasteiger partial charge in [-0.15, -0.1) is 0 Å². The molecule has 0 fully saturated rings. The maximum atomic E-state index is 13.0. The lowest BCUT2D eigenvalue weighted by Gasteiger charge is -2.32. The van der Waals surface area contributed by atoms with E-state index in [0.717, 1.165) is 23.3 Å². The zero-order valence-corrected chi connectivity index (χ0v) is 18.0. The molecule has 0 saturated carbocycles. The maximum Gasteiger partial charge on any atom is 0.274 e. The van der Waals surface area contributed by atoms with Crippen molar-refractivity contribution in [2.45, 2.75) is 32.4 Å². The van der Waals surface area contributed by atoms with E-state index in [4.69, 9.17) is 0 Å². The van der Waals surface area contributed by atoms with Crippen molar-refractivity contribution >= 4 is 35.2 Å². The molecule has 0 radical (unpaired) electrons. The number of amides is 3. The number of pyridine rings is 1. The Bertz CT molecular complexity index is 920. The number of carbonyl (C=O) groups is 3. The van der Waals surface area contributed by atoms with Gasteiger partial charge >= 0.3 is 0 Å². The Kier molecular flexibility index (Phi) is 7.46. The number of hydrogen-bond donors (Lipinski definition) is 2. The lowest BCUT2D eigenvalue weighted by atomic mass is 9.98. The third-order valence-electron chi connectivity index (χ3n) is 4.97. The molecule has 1 atom stereocenters. The monoisotopic (exact) mass is 426 g/mol. The fourth-order valence-electron chi connectivity index (χ4n) is 3.47. The van der Waals surface area contributed by atoms with E-state index in [2.05, 4.69) is 15.6 Å².